The van der Waals surface area contributed by atoms with Crippen LogP contribution in [0.1, 0.15) is 11.1 Å². The van der Waals surface area contributed by atoms with E-state index >= 15 is 0 Å². The van der Waals surface area contributed by atoms with Crippen molar-refractivity contribution < 1.29 is 4.79 Å². The summed E-state index contributed by atoms with van der Waals surface area (Å²) in [4.78, 5) is 18.5. The summed E-state index contributed by atoms with van der Waals surface area (Å²) >= 11 is 6.00. The Labute approximate surface area is 159 Å². The molecule has 0 spiro atoms. The molecule has 0 bridgehead atoms. The number of anilines is 1. The first kappa shape index (κ1) is 18.3. The molecule has 0 saturated heterocycles. The smallest absolute Gasteiger partial charge is 0.246 e. The zero-order valence-electron chi connectivity index (χ0n) is 14.8. The summed E-state index contributed by atoms with van der Waals surface area (Å²) in [6.45, 7) is 1.66. The molecule has 3 rings (SSSR count). The molecular weight excluding hydrogens is 348 g/mol. The van der Waals surface area contributed by atoms with Gasteiger partial charge < -0.3 is 15.5 Å². The highest BCUT2D eigenvalue weighted by molar-refractivity contribution is 6.30. The zero-order valence-corrected chi connectivity index (χ0v) is 15.6. The van der Waals surface area contributed by atoms with Crippen LogP contribution in [0.5, 0.6) is 0 Å². The Balaban J connectivity index is 1.46. The molecule has 0 saturated carbocycles. The predicted octanol–water partition coefficient (Wildman–Crippen LogP) is 2.64. The second kappa shape index (κ2) is 8.72. The lowest BCUT2D eigenvalue weighted by molar-refractivity contribution is -0.117. The van der Waals surface area contributed by atoms with Gasteiger partial charge in [-0.05, 0) is 42.2 Å². The van der Waals surface area contributed by atoms with Gasteiger partial charge in [-0.1, -0.05) is 41.9 Å². The SMILES string of the molecule is CN=C(NCCc1cccc(Cl)c1)NCC(=O)N1CCc2ccccc21. The Hall–Kier alpha value is -2.53. The van der Waals surface area contributed by atoms with Crippen molar-refractivity contribution in [3.8, 4) is 0 Å². The van der Waals surface area contributed by atoms with Crippen LogP contribution in [0.25, 0.3) is 0 Å². The maximum absolute atomic E-state index is 12.5. The van der Waals surface area contributed by atoms with Crippen LogP contribution in [0, 0.1) is 0 Å². The lowest BCUT2D eigenvalue weighted by Crippen LogP contribution is -2.44. The maximum atomic E-state index is 12.5. The number of hydrogen-bond donors (Lipinski definition) is 2. The number of nitrogens with zero attached hydrogens (tertiary/aromatic N) is 2. The van der Waals surface area contributed by atoms with Crippen molar-refractivity contribution in [2.24, 2.45) is 4.99 Å². The molecule has 1 aliphatic heterocycles. The standard InChI is InChI=1S/C20H23ClN4O/c1-22-20(23-11-9-15-5-4-7-17(21)13-15)24-14-19(26)25-12-10-16-6-2-3-8-18(16)25/h2-8,13H,9-12,14H2,1H3,(H2,22,23,24). The number of fused-ring (bicyclic) bond motifs is 1. The third-order valence-electron chi connectivity index (χ3n) is 4.41. The van der Waals surface area contributed by atoms with Crippen molar-refractivity contribution in [1.29, 1.82) is 0 Å². The summed E-state index contributed by atoms with van der Waals surface area (Å²) in [6.07, 6.45) is 1.74. The van der Waals surface area contributed by atoms with Crippen molar-refractivity contribution in [1.82, 2.24) is 10.6 Å². The van der Waals surface area contributed by atoms with Gasteiger partial charge in [0, 0.05) is 30.8 Å². The van der Waals surface area contributed by atoms with E-state index in [2.05, 4.69) is 21.7 Å². The van der Waals surface area contributed by atoms with Gasteiger partial charge in [0.1, 0.15) is 0 Å². The Bertz CT molecular complexity index is 806. The summed E-state index contributed by atoms with van der Waals surface area (Å²) in [5, 5.41) is 7.06. The summed E-state index contributed by atoms with van der Waals surface area (Å²) < 4.78 is 0. The van der Waals surface area contributed by atoms with Crippen molar-refractivity contribution in [3.05, 3.63) is 64.7 Å². The number of guanidine groups is 1. The van der Waals surface area contributed by atoms with Crippen LogP contribution >= 0.6 is 11.6 Å². The van der Waals surface area contributed by atoms with Gasteiger partial charge in [-0.15, -0.1) is 0 Å². The van der Waals surface area contributed by atoms with Crippen molar-refractivity contribution in [3.63, 3.8) is 0 Å². The van der Waals surface area contributed by atoms with Crippen molar-refractivity contribution >= 4 is 29.2 Å². The van der Waals surface area contributed by atoms with E-state index in [1.165, 1.54) is 5.56 Å². The van der Waals surface area contributed by atoms with Gasteiger partial charge >= 0.3 is 0 Å². The number of para-hydroxylation sites is 1. The second-order valence-electron chi connectivity index (χ2n) is 6.16. The van der Waals surface area contributed by atoms with Crippen LogP contribution < -0.4 is 15.5 Å². The number of benzene rings is 2. The lowest BCUT2D eigenvalue weighted by Gasteiger charge is -2.18. The molecule has 1 aliphatic rings. The Morgan fingerprint density at radius 1 is 1.19 bits per heavy atom. The molecule has 26 heavy (non-hydrogen) atoms. The monoisotopic (exact) mass is 370 g/mol. The molecule has 0 atom stereocenters. The summed E-state index contributed by atoms with van der Waals surface area (Å²) in [6, 6.07) is 15.8. The van der Waals surface area contributed by atoms with Gasteiger partial charge in [0.05, 0.1) is 6.54 Å². The second-order valence-corrected chi connectivity index (χ2v) is 6.59. The van der Waals surface area contributed by atoms with Crippen LogP contribution in [-0.2, 0) is 17.6 Å². The van der Waals surface area contributed by atoms with Crippen LogP contribution in [0.2, 0.25) is 5.02 Å². The van der Waals surface area contributed by atoms with E-state index in [-0.39, 0.29) is 12.5 Å². The highest BCUT2D eigenvalue weighted by atomic mass is 35.5. The quantitative estimate of drug-likeness (QED) is 0.628. The molecule has 0 aliphatic carbocycles. The first-order chi connectivity index (χ1) is 12.7. The van der Waals surface area contributed by atoms with Crippen LogP contribution in [0.3, 0.4) is 0 Å². The first-order valence-electron chi connectivity index (χ1n) is 8.74. The van der Waals surface area contributed by atoms with E-state index in [4.69, 9.17) is 11.6 Å². The molecule has 0 fully saturated rings. The van der Waals surface area contributed by atoms with Crippen LogP contribution in [0.4, 0.5) is 5.69 Å². The number of hydrogen-bond acceptors (Lipinski definition) is 2. The normalized spacial score (nSPS) is 13.5. The molecule has 2 N–H and O–H groups in total. The average Bonchev–Trinajstić information content (AvgIpc) is 3.08. The van der Waals surface area contributed by atoms with E-state index in [1.807, 2.05) is 47.4 Å². The van der Waals surface area contributed by atoms with Crippen molar-refractivity contribution in [2.45, 2.75) is 12.8 Å². The maximum Gasteiger partial charge on any atom is 0.246 e. The molecule has 5 nitrogen and oxygen atoms in total. The van der Waals surface area contributed by atoms with Gasteiger partial charge in [-0.25, -0.2) is 0 Å². The fraction of sp³-hybridized carbons (Fsp3) is 0.300. The van der Waals surface area contributed by atoms with Gasteiger partial charge in [-0.2, -0.15) is 0 Å². The first-order valence-corrected chi connectivity index (χ1v) is 9.12. The highest BCUT2D eigenvalue weighted by Crippen LogP contribution is 2.27. The van der Waals surface area contributed by atoms with Gasteiger partial charge in [0.25, 0.3) is 0 Å². The number of halogens is 1. The molecule has 0 unspecified atom stereocenters. The minimum absolute atomic E-state index is 0.0488. The Kier molecular flexibility index (Phi) is 6.12. The minimum Gasteiger partial charge on any atom is -0.356 e. The number of rotatable bonds is 5. The molecule has 0 radical (unpaired) electrons. The van der Waals surface area contributed by atoms with Crippen LogP contribution in [-0.4, -0.2) is 38.5 Å². The topological polar surface area (TPSA) is 56.7 Å². The van der Waals surface area contributed by atoms with Gasteiger partial charge in [0.2, 0.25) is 5.91 Å². The number of carbonyl (C=O) groups excluding carboxylic acids is 1. The lowest BCUT2D eigenvalue weighted by atomic mass is 10.1. The molecule has 0 aromatic heterocycles. The minimum atomic E-state index is 0.0488. The Morgan fingerprint density at radius 2 is 2.04 bits per heavy atom. The van der Waals surface area contributed by atoms with Gasteiger partial charge in [-0.3, -0.25) is 9.79 Å². The third-order valence-corrected chi connectivity index (χ3v) is 4.65. The number of amides is 1. The molecular formula is C20H23ClN4O. The summed E-state index contributed by atoms with van der Waals surface area (Å²) in [5.74, 6) is 0.667. The molecule has 1 amide bonds. The summed E-state index contributed by atoms with van der Waals surface area (Å²) in [5.41, 5.74) is 3.40. The zero-order chi connectivity index (χ0) is 18.4. The van der Waals surface area contributed by atoms with Crippen molar-refractivity contribution in [2.75, 3.05) is 31.6 Å². The van der Waals surface area contributed by atoms with E-state index in [1.54, 1.807) is 7.05 Å². The summed E-state index contributed by atoms with van der Waals surface area (Å²) in [7, 11) is 1.70. The molecule has 6 heteroatoms. The van der Waals surface area contributed by atoms with E-state index in [0.717, 1.165) is 35.7 Å². The van der Waals surface area contributed by atoms with E-state index in [0.29, 0.717) is 12.5 Å². The molecule has 136 valence electrons. The molecule has 1 heterocycles. The number of aliphatic imine (C=N–C) groups is 1. The predicted molar refractivity (Wildman–Crippen MR) is 107 cm³/mol. The fourth-order valence-electron chi connectivity index (χ4n) is 3.09. The average molecular weight is 371 g/mol. The number of nitrogens with one attached hydrogen (secondary N) is 2. The third kappa shape index (κ3) is 4.55. The van der Waals surface area contributed by atoms with Crippen LogP contribution in [0.15, 0.2) is 53.5 Å². The van der Waals surface area contributed by atoms with E-state index in [9.17, 15) is 4.79 Å². The molecule has 2 aromatic rings. The van der Waals surface area contributed by atoms with Gasteiger partial charge in [0.15, 0.2) is 5.96 Å². The fourth-order valence-corrected chi connectivity index (χ4v) is 3.30. The van der Waals surface area contributed by atoms with E-state index < -0.39 is 0 Å². The highest BCUT2D eigenvalue weighted by Gasteiger charge is 2.23. The number of carbonyl (C=O) groups is 1. The largest absolute Gasteiger partial charge is 0.356 e. The molecule has 2 aromatic carbocycles. The Morgan fingerprint density at radius 3 is 2.85 bits per heavy atom.